The van der Waals surface area contributed by atoms with E-state index < -0.39 is 0 Å². The third kappa shape index (κ3) is 20.3. The van der Waals surface area contributed by atoms with Crippen LogP contribution in [0.2, 0.25) is 0 Å². The molecule has 1 aromatic carbocycles. The largest absolute Gasteiger partial charge is 0 e. The van der Waals surface area contributed by atoms with Gasteiger partial charge >= 0.3 is 33.9 Å². The minimum Gasteiger partial charge on any atom is 0 e. The van der Waals surface area contributed by atoms with Gasteiger partial charge in [-0.2, -0.15) is 0 Å². The van der Waals surface area contributed by atoms with Gasteiger partial charge in [0, 0.05) is 21.1 Å². The second-order valence-corrected chi connectivity index (χ2v) is 2.67. The van der Waals surface area contributed by atoms with Crippen LogP contribution in [0.15, 0.2) is 43.0 Å². The van der Waals surface area contributed by atoms with E-state index >= 15 is 0 Å². The molecule has 1 rings (SSSR count). The van der Waals surface area contributed by atoms with Crippen LogP contribution in [0.5, 0.6) is 0 Å². The molecule has 0 N–H and O–H groups in total. The summed E-state index contributed by atoms with van der Waals surface area (Å²) in [5.41, 5.74) is 1.43. The number of hydrogen-bond acceptors (Lipinski definition) is 0. The van der Waals surface area contributed by atoms with E-state index in [2.05, 4.69) is 56.9 Å². The molecule has 0 amide bonds. The normalized spacial score (nSPS) is 6.11. The van der Waals surface area contributed by atoms with E-state index in [1.807, 2.05) is 6.08 Å². The van der Waals surface area contributed by atoms with Crippen molar-refractivity contribution in [2.45, 2.75) is 19.3 Å². The first-order chi connectivity index (χ1) is 8.43. The quantitative estimate of drug-likeness (QED) is 0.315. The Kier molecular flexibility index (Phi) is 42.3. The van der Waals surface area contributed by atoms with Gasteiger partial charge in [-0.1, -0.05) is 36.4 Å². The Bertz CT molecular complexity index is 301. The van der Waals surface area contributed by atoms with Crippen LogP contribution in [0, 0.1) is 20.0 Å². The third-order valence-electron chi connectivity index (χ3n) is 1.72. The van der Waals surface area contributed by atoms with Gasteiger partial charge in [0.05, 0.1) is 0 Å². The molecule has 0 aliphatic rings. The molecule has 4 heteroatoms. The summed E-state index contributed by atoms with van der Waals surface area (Å²) >= 11 is 0. The Morgan fingerprint density at radius 2 is 1.39 bits per heavy atom. The van der Waals surface area contributed by atoms with E-state index in [9.17, 15) is 0 Å². The molecule has 94 valence electrons. The van der Waals surface area contributed by atoms with Crippen molar-refractivity contribution < 1.29 is 35.0 Å². The van der Waals surface area contributed by atoms with E-state index in [0.717, 1.165) is 6.42 Å². The van der Waals surface area contributed by atoms with Gasteiger partial charge in [0.1, 0.15) is 0 Å². The zero-order chi connectivity index (χ0) is 13.9. The number of unbranched alkanes of at least 4 members (excludes halogenated alkanes) is 1. The standard InChI is InChI=1S/C11H14.3CO.W/c1-2-3-5-8-11-9-6-4-7-10-11;3*1-2;/h2,4,6-7,9-10H,1,3,5,8H2;;;;. The molecule has 0 aliphatic carbocycles. The van der Waals surface area contributed by atoms with Gasteiger partial charge in [-0.3, -0.25) is 0 Å². The summed E-state index contributed by atoms with van der Waals surface area (Å²) in [5, 5.41) is 0. The molecule has 0 saturated carbocycles. The molecule has 0 spiro atoms. The van der Waals surface area contributed by atoms with E-state index in [-0.39, 0.29) is 21.1 Å². The van der Waals surface area contributed by atoms with Gasteiger partial charge in [0.15, 0.2) is 0 Å². The molecule has 0 heterocycles. The van der Waals surface area contributed by atoms with Crippen LogP contribution in [0.25, 0.3) is 0 Å². The van der Waals surface area contributed by atoms with Crippen molar-refractivity contribution in [3.05, 3.63) is 68.5 Å². The Labute approximate surface area is 123 Å². The molecule has 0 unspecified atom stereocenters. The number of aryl methyl sites for hydroxylation is 1. The SMILES string of the molecule is C=CCCCc1ccccc1.[C-]#[O+].[C-]#[O+].[C-]#[O+].[W]. The molecular weight excluding hydrogens is 400 g/mol. The number of rotatable bonds is 4. The van der Waals surface area contributed by atoms with Crippen LogP contribution in [0.3, 0.4) is 0 Å². The van der Waals surface area contributed by atoms with Gasteiger partial charge < -0.3 is 0 Å². The van der Waals surface area contributed by atoms with E-state index in [4.69, 9.17) is 14.0 Å². The summed E-state index contributed by atoms with van der Waals surface area (Å²) in [4.78, 5) is 0. The van der Waals surface area contributed by atoms with E-state index in [0.29, 0.717) is 0 Å². The second kappa shape index (κ2) is 29.7. The molecule has 0 atom stereocenters. The number of benzene rings is 1. The molecule has 0 saturated heterocycles. The van der Waals surface area contributed by atoms with Crippen molar-refractivity contribution >= 4 is 0 Å². The monoisotopic (exact) mass is 414 g/mol. The Morgan fingerprint density at radius 1 is 0.944 bits per heavy atom. The summed E-state index contributed by atoms with van der Waals surface area (Å²) in [5.74, 6) is 0. The van der Waals surface area contributed by atoms with Crippen molar-refractivity contribution in [3.63, 3.8) is 0 Å². The molecule has 0 aliphatic heterocycles. The Morgan fingerprint density at radius 3 is 1.78 bits per heavy atom. The summed E-state index contributed by atoms with van der Waals surface area (Å²) < 4.78 is 22.5. The molecule has 1 aromatic rings. The van der Waals surface area contributed by atoms with Crippen molar-refractivity contribution in [2.24, 2.45) is 0 Å². The maximum Gasteiger partial charge on any atom is 0 e. The van der Waals surface area contributed by atoms with Crippen molar-refractivity contribution in [1.82, 2.24) is 0 Å². The first kappa shape index (κ1) is 25.7. The smallest absolute Gasteiger partial charge is 0 e. The average Bonchev–Trinajstić information content (AvgIpc) is 2.47. The van der Waals surface area contributed by atoms with Crippen molar-refractivity contribution in [2.75, 3.05) is 0 Å². The van der Waals surface area contributed by atoms with E-state index in [1.54, 1.807) is 0 Å². The fourth-order valence-electron chi connectivity index (χ4n) is 1.10. The second-order valence-electron chi connectivity index (χ2n) is 2.67. The van der Waals surface area contributed by atoms with Crippen LogP contribution in [0.4, 0.5) is 0 Å². The van der Waals surface area contributed by atoms with Crippen LogP contribution >= 0.6 is 0 Å². The summed E-state index contributed by atoms with van der Waals surface area (Å²) in [6, 6.07) is 10.6. The average molecular weight is 414 g/mol. The first-order valence-corrected chi connectivity index (χ1v) is 4.69. The maximum absolute atomic E-state index is 7.50. The molecule has 3 nitrogen and oxygen atoms in total. The van der Waals surface area contributed by atoms with Crippen molar-refractivity contribution in [1.29, 1.82) is 0 Å². The Hall–Kier alpha value is -1.13. The zero-order valence-electron chi connectivity index (χ0n) is 9.93. The van der Waals surface area contributed by atoms with Crippen LogP contribution in [-0.2, 0) is 41.4 Å². The third-order valence-corrected chi connectivity index (χ3v) is 1.72. The fourth-order valence-corrected chi connectivity index (χ4v) is 1.10. The maximum atomic E-state index is 7.50. The van der Waals surface area contributed by atoms with Crippen LogP contribution < -0.4 is 0 Å². The minimum absolute atomic E-state index is 0. The van der Waals surface area contributed by atoms with Gasteiger partial charge in [0.25, 0.3) is 0 Å². The molecule has 0 radical (unpaired) electrons. The number of hydrogen-bond donors (Lipinski definition) is 0. The molecule has 0 aromatic heterocycles. The van der Waals surface area contributed by atoms with Crippen molar-refractivity contribution in [3.8, 4) is 0 Å². The van der Waals surface area contributed by atoms with Gasteiger partial charge in [-0.15, -0.1) is 6.58 Å². The zero-order valence-corrected chi connectivity index (χ0v) is 12.9. The summed E-state index contributed by atoms with van der Waals surface area (Å²) in [6.07, 6.45) is 5.48. The summed E-state index contributed by atoms with van der Waals surface area (Å²) in [7, 11) is 0. The van der Waals surface area contributed by atoms with Gasteiger partial charge in [-0.05, 0) is 24.8 Å². The predicted octanol–water partition coefficient (Wildman–Crippen LogP) is 3.08. The topological polar surface area (TPSA) is 59.7 Å². The molecular formula is C14H14O3W. The van der Waals surface area contributed by atoms with E-state index in [1.165, 1.54) is 18.4 Å². The van der Waals surface area contributed by atoms with Gasteiger partial charge in [-0.25, -0.2) is 0 Å². The Balaban J connectivity index is -0.000000123. The van der Waals surface area contributed by atoms with Crippen LogP contribution in [0.1, 0.15) is 18.4 Å². The molecule has 0 fully saturated rings. The predicted molar refractivity (Wildman–Crippen MR) is 61.4 cm³/mol. The molecule has 18 heavy (non-hydrogen) atoms. The van der Waals surface area contributed by atoms with Crippen LogP contribution in [-0.4, -0.2) is 0 Å². The van der Waals surface area contributed by atoms with Gasteiger partial charge in [0.2, 0.25) is 0 Å². The summed E-state index contributed by atoms with van der Waals surface area (Å²) in [6.45, 7) is 17.2. The fraction of sp³-hybridized carbons (Fsp3) is 0.214. The first-order valence-electron chi connectivity index (χ1n) is 4.69. The molecule has 0 bridgehead atoms. The minimum atomic E-state index is 0. The number of allylic oxidation sites excluding steroid dienone is 1.